The minimum Gasteiger partial charge on any atom is -0.336 e. The summed E-state index contributed by atoms with van der Waals surface area (Å²) in [6.07, 6.45) is 5.11. The summed E-state index contributed by atoms with van der Waals surface area (Å²) in [5, 5.41) is 0. The minimum atomic E-state index is 0. The molecule has 2 N–H and O–H groups in total. The minimum absolute atomic E-state index is 0. The summed E-state index contributed by atoms with van der Waals surface area (Å²) < 4.78 is 1.96. The number of aryl methyl sites for hydroxylation is 1. The summed E-state index contributed by atoms with van der Waals surface area (Å²) >= 11 is 0. The van der Waals surface area contributed by atoms with Crippen LogP contribution in [0.2, 0.25) is 0 Å². The summed E-state index contributed by atoms with van der Waals surface area (Å²) in [6, 6.07) is 0.0197. The molecule has 1 aromatic rings. The number of amides is 1. The van der Waals surface area contributed by atoms with Gasteiger partial charge >= 0.3 is 0 Å². The van der Waals surface area contributed by atoms with Crippen molar-refractivity contribution in [2.24, 2.45) is 18.7 Å². The fourth-order valence-electron chi connectivity index (χ4n) is 2.41. The molecule has 1 aliphatic rings. The molecule has 18 heavy (non-hydrogen) atoms. The molecule has 5 nitrogen and oxygen atoms in total. The van der Waals surface area contributed by atoms with E-state index in [1.165, 1.54) is 0 Å². The SMILES string of the molecule is CN1C(=O)CCC(CN)C1c1nccn1C.Cl.Cl. The molecule has 2 unspecified atom stereocenters. The molecule has 104 valence electrons. The lowest BCUT2D eigenvalue weighted by Gasteiger charge is -2.37. The first kappa shape index (κ1) is 17.2. The Morgan fingerprint density at radius 2 is 2.11 bits per heavy atom. The molecular formula is C11H20Cl2N4O. The maximum Gasteiger partial charge on any atom is 0.222 e. The van der Waals surface area contributed by atoms with Gasteiger partial charge in [0.15, 0.2) is 0 Å². The number of nitrogens with zero attached hydrogens (tertiary/aromatic N) is 3. The number of likely N-dealkylation sites (tertiary alicyclic amines) is 1. The molecule has 2 heterocycles. The van der Waals surface area contributed by atoms with Gasteiger partial charge in [-0.05, 0) is 18.9 Å². The zero-order valence-electron chi connectivity index (χ0n) is 10.6. The summed E-state index contributed by atoms with van der Waals surface area (Å²) in [5.41, 5.74) is 5.78. The average molecular weight is 295 g/mol. The van der Waals surface area contributed by atoms with Crippen molar-refractivity contribution in [3.63, 3.8) is 0 Å². The monoisotopic (exact) mass is 294 g/mol. The van der Waals surface area contributed by atoms with Crippen molar-refractivity contribution in [2.75, 3.05) is 13.6 Å². The third kappa shape index (κ3) is 2.96. The van der Waals surface area contributed by atoms with Gasteiger partial charge in [-0.3, -0.25) is 4.79 Å². The zero-order valence-corrected chi connectivity index (χ0v) is 12.2. The highest BCUT2D eigenvalue weighted by Crippen LogP contribution is 2.33. The Morgan fingerprint density at radius 3 is 2.61 bits per heavy atom. The lowest BCUT2D eigenvalue weighted by Crippen LogP contribution is -2.43. The number of hydrogen-bond acceptors (Lipinski definition) is 3. The zero-order chi connectivity index (χ0) is 11.7. The summed E-state index contributed by atoms with van der Waals surface area (Å²) in [6.45, 7) is 0.592. The van der Waals surface area contributed by atoms with Crippen LogP contribution < -0.4 is 5.73 Å². The number of hydrogen-bond donors (Lipinski definition) is 1. The van der Waals surface area contributed by atoms with Crippen LogP contribution in [-0.4, -0.2) is 34.0 Å². The van der Waals surface area contributed by atoms with E-state index in [-0.39, 0.29) is 36.8 Å². The van der Waals surface area contributed by atoms with Gasteiger partial charge in [0.1, 0.15) is 5.82 Å². The molecule has 2 atom stereocenters. The molecular weight excluding hydrogens is 275 g/mol. The Morgan fingerprint density at radius 1 is 1.44 bits per heavy atom. The van der Waals surface area contributed by atoms with Gasteiger partial charge in [-0.15, -0.1) is 24.8 Å². The fourth-order valence-corrected chi connectivity index (χ4v) is 2.41. The predicted molar refractivity (Wildman–Crippen MR) is 75.0 cm³/mol. The standard InChI is InChI=1S/C11H18N4O.2ClH/c1-14-6-5-13-11(14)10-8(7-12)3-4-9(16)15(10)2;;/h5-6,8,10H,3-4,7,12H2,1-2H3;2*1H. The Balaban J connectivity index is 0.00000144. The first-order valence-corrected chi connectivity index (χ1v) is 5.58. The third-order valence-electron chi connectivity index (χ3n) is 3.41. The molecule has 1 amide bonds. The summed E-state index contributed by atoms with van der Waals surface area (Å²) in [7, 11) is 3.78. The van der Waals surface area contributed by atoms with Crippen LogP contribution in [0, 0.1) is 5.92 Å². The number of aromatic nitrogens is 2. The largest absolute Gasteiger partial charge is 0.336 e. The Labute approximate surface area is 120 Å². The van der Waals surface area contributed by atoms with Gasteiger partial charge in [0.05, 0.1) is 6.04 Å². The van der Waals surface area contributed by atoms with Crippen molar-refractivity contribution in [1.82, 2.24) is 14.5 Å². The first-order valence-electron chi connectivity index (χ1n) is 5.58. The number of piperidine rings is 1. The third-order valence-corrected chi connectivity index (χ3v) is 3.41. The van der Waals surface area contributed by atoms with Crippen LogP contribution in [0.25, 0.3) is 0 Å². The number of carbonyl (C=O) groups is 1. The van der Waals surface area contributed by atoms with Crippen LogP contribution in [-0.2, 0) is 11.8 Å². The lowest BCUT2D eigenvalue weighted by atomic mass is 9.88. The van der Waals surface area contributed by atoms with Crippen LogP contribution in [0.5, 0.6) is 0 Å². The second-order valence-electron chi connectivity index (χ2n) is 4.38. The number of rotatable bonds is 2. The maximum atomic E-state index is 11.7. The topological polar surface area (TPSA) is 64.2 Å². The second kappa shape index (κ2) is 6.97. The summed E-state index contributed by atoms with van der Waals surface area (Å²) in [5.74, 6) is 1.41. The van der Waals surface area contributed by atoms with Gasteiger partial charge < -0.3 is 15.2 Å². The van der Waals surface area contributed by atoms with Crippen molar-refractivity contribution in [1.29, 1.82) is 0 Å². The average Bonchev–Trinajstić information content (AvgIpc) is 2.68. The van der Waals surface area contributed by atoms with E-state index in [2.05, 4.69) is 4.98 Å². The Bertz CT molecular complexity index is 396. The number of imidazole rings is 1. The smallest absolute Gasteiger partial charge is 0.222 e. The lowest BCUT2D eigenvalue weighted by molar-refractivity contribution is -0.137. The van der Waals surface area contributed by atoms with Gasteiger partial charge in [-0.25, -0.2) is 4.98 Å². The van der Waals surface area contributed by atoms with E-state index >= 15 is 0 Å². The van der Waals surface area contributed by atoms with E-state index in [9.17, 15) is 4.79 Å². The molecule has 1 aromatic heterocycles. The molecule has 0 spiro atoms. The van der Waals surface area contributed by atoms with Crippen molar-refractivity contribution in [3.05, 3.63) is 18.2 Å². The molecule has 0 bridgehead atoms. The highest BCUT2D eigenvalue weighted by atomic mass is 35.5. The van der Waals surface area contributed by atoms with E-state index in [1.54, 1.807) is 11.1 Å². The molecule has 2 rings (SSSR count). The van der Waals surface area contributed by atoms with Crippen molar-refractivity contribution >= 4 is 30.7 Å². The highest BCUT2D eigenvalue weighted by molar-refractivity contribution is 5.85. The van der Waals surface area contributed by atoms with Crippen LogP contribution >= 0.6 is 24.8 Å². The Kier molecular flexibility index (Phi) is 6.67. The van der Waals surface area contributed by atoms with Crippen molar-refractivity contribution < 1.29 is 4.79 Å². The number of nitrogens with two attached hydrogens (primary N) is 1. The number of halogens is 2. The van der Waals surface area contributed by atoms with Gasteiger partial charge in [0.2, 0.25) is 5.91 Å². The second-order valence-corrected chi connectivity index (χ2v) is 4.38. The molecule has 0 radical (unpaired) electrons. The van der Waals surface area contributed by atoms with E-state index in [0.29, 0.717) is 18.9 Å². The molecule has 7 heteroatoms. The molecule has 0 saturated carbocycles. The molecule has 1 fully saturated rings. The Hall–Kier alpha value is -0.780. The quantitative estimate of drug-likeness (QED) is 0.889. The van der Waals surface area contributed by atoms with Gasteiger partial charge in [0, 0.05) is 32.9 Å². The molecule has 0 aromatic carbocycles. The van der Waals surface area contributed by atoms with Crippen molar-refractivity contribution in [3.8, 4) is 0 Å². The highest BCUT2D eigenvalue weighted by Gasteiger charge is 2.35. The molecule has 1 aliphatic heterocycles. The van der Waals surface area contributed by atoms with Gasteiger partial charge in [0.25, 0.3) is 0 Å². The molecule has 1 saturated heterocycles. The van der Waals surface area contributed by atoms with Crippen LogP contribution in [0.4, 0.5) is 0 Å². The predicted octanol–water partition coefficient (Wildman–Crippen LogP) is 1.13. The number of carbonyl (C=O) groups excluding carboxylic acids is 1. The van der Waals surface area contributed by atoms with E-state index in [0.717, 1.165) is 12.2 Å². The normalized spacial score (nSPS) is 23.3. The van der Waals surface area contributed by atoms with E-state index in [4.69, 9.17) is 5.73 Å². The van der Waals surface area contributed by atoms with E-state index in [1.807, 2.05) is 24.9 Å². The van der Waals surface area contributed by atoms with Gasteiger partial charge in [-0.1, -0.05) is 0 Å². The van der Waals surface area contributed by atoms with Crippen LogP contribution in [0.15, 0.2) is 12.4 Å². The molecule has 0 aliphatic carbocycles. The first-order chi connectivity index (χ1) is 7.65. The van der Waals surface area contributed by atoms with Crippen LogP contribution in [0.1, 0.15) is 24.7 Å². The van der Waals surface area contributed by atoms with Crippen molar-refractivity contribution in [2.45, 2.75) is 18.9 Å². The van der Waals surface area contributed by atoms with Crippen LogP contribution in [0.3, 0.4) is 0 Å². The maximum absolute atomic E-state index is 11.7. The summed E-state index contributed by atoms with van der Waals surface area (Å²) in [4.78, 5) is 17.8. The van der Waals surface area contributed by atoms with E-state index < -0.39 is 0 Å². The van der Waals surface area contributed by atoms with Gasteiger partial charge in [-0.2, -0.15) is 0 Å². The fraction of sp³-hybridized carbons (Fsp3) is 0.636.